The van der Waals surface area contributed by atoms with Crippen molar-refractivity contribution in [2.24, 2.45) is 0 Å². The molecule has 0 aliphatic carbocycles. The van der Waals surface area contributed by atoms with Gasteiger partial charge in [0.25, 0.3) is 11.2 Å². The van der Waals surface area contributed by atoms with Crippen LogP contribution in [0.2, 0.25) is 0 Å². The van der Waals surface area contributed by atoms with E-state index in [1.165, 1.54) is 22.8 Å². The summed E-state index contributed by atoms with van der Waals surface area (Å²) in [5.41, 5.74) is 1.68. The Hall–Kier alpha value is -3.27. The lowest BCUT2D eigenvalue weighted by Crippen LogP contribution is -2.34. The molecule has 1 saturated heterocycles. The second-order valence-corrected chi connectivity index (χ2v) is 8.34. The highest BCUT2D eigenvalue weighted by molar-refractivity contribution is 9.10. The number of hydrogen-bond acceptors (Lipinski definition) is 6. The topological polar surface area (TPSA) is 110 Å². The zero-order valence-corrected chi connectivity index (χ0v) is 18.4. The fourth-order valence-corrected chi connectivity index (χ4v) is 4.27. The van der Waals surface area contributed by atoms with Gasteiger partial charge in [-0.1, -0.05) is 6.07 Å². The van der Waals surface area contributed by atoms with Crippen molar-refractivity contribution in [1.29, 1.82) is 0 Å². The molecule has 1 amide bonds. The Balaban J connectivity index is 1.76. The Kier molecular flexibility index (Phi) is 5.73. The molecule has 0 bridgehead atoms. The zero-order valence-electron chi connectivity index (χ0n) is 16.8. The lowest BCUT2D eigenvalue weighted by atomic mass is 10.2. The summed E-state index contributed by atoms with van der Waals surface area (Å²) in [5.74, 6) is -0.152. The molecule has 9 nitrogen and oxygen atoms in total. The maximum absolute atomic E-state index is 13.3. The average Bonchev–Trinajstić information content (AvgIpc) is 3.26. The molecule has 1 N–H and O–H groups in total. The van der Waals surface area contributed by atoms with E-state index >= 15 is 0 Å². The Morgan fingerprint density at radius 2 is 1.97 bits per heavy atom. The normalized spacial score (nSPS) is 13.5. The van der Waals surface area contributed by atoms with Crippen molar-refractivity contribution in [2.45, 2.75) is 26.3 Å². The molecule has 2 heterocycles. The van der Waals surface area contributed by atoms with E-state index in [0.717, 1.165) is 22.9 Å². The lowest BCUT2D eigenvalue weighted by molar-refractivity contribution is -0.384. The number of nitro benzene ring substituents is 1. The standard InChI is InChI=1S/C21H20BrN5O4/c1-13-4-6-16(15(22)10-13)23-19(28)12-26-18-11-14(27(30)31)5-7-17(18)24-20(21(26)29)25-8-2-3-9-25/h4-7,10-11H,2-3,8-9,12H2,1H3,(H,23,28). The molecule has 0 unspecified atom stereocenters. The van der Waals surface area contributed by atoms with Crippen molar-refractivity contribution >= 4 is 50.1 Å². The number of halogens is 1. The molecule has 160 valence electrons. The summed E-state index contributed by atoms with van der Waals surface area (Å²) in [6.45, 7) is 3.07. The van der Waals surface area contributed by atoms with E-state index in [1.807, 2.05) is 24.0 Å². The second kappa shape index (κ2) is 8.46. The first-order chi connectivity index (χ1) is 14.8. The SMILES string of the molecule is Cc1ccc(NC(=O)Cn2c(=O)c(N3CCCC3)nc3ccc([N+](=O)[O-])cc32)c(Br)c1. The summed E-state index contributed by atoms with van der Waals surface area (Å²) in [4.78, 5) is 43.1. The highest BCUT2D eigenvalue weighted by Crippen LogP contribution is 2.25. The fourth-order valence-electron chi connectivity index (χ4n) is 3.67. The van der Waals surface area contributed by atoms with Gasteiger partial charge >= 0.3 is 0 Å². The summed E-state index contributed by atoms with van der Waals surface area (Å²) >= 11 is 3.42. The summed E-state index contributed by atoms with van der Waals surface area (Å²) in [6.07, 6.45) is 1.92. The molecule has 10 heteroatoms. The Labute approximate surface area is 186 Å². The van der Waals surface area contributed by atoms with Crippen LogP contribution in [-0.2, 0) is 11.3 Å². The number of carbonyl (C=O) groups is 1. The molecule has 1 aliphatic rings. The van der Waals surface area contributed by atoms with Crippen LogP contribution in [-0.4, -0.2) is 33.5 Å². The number of fused-ring (bicyclic) bond motifs is 1. The fraction of sp³-hybridized carbons (Fsp3) is 0.286. The Bertz CT molecular complexity index is 1250. The summed E-state index contributed by atoms with van der Waals surface area (Å²) in [7, 11) is 0. The van der Waals surface area contributed by atoms with E-state index in [4.69, 9.17) is 0 Å². The quantitative estimate of drug-likeness (QED) is 0.436. The van der Waals surface area contributed by atoms with E-state index in [9.17, 15) is 19.7 Å². The molecule has 0 radical (unpaired) electrons. The first-order valence-corrected chi connectivity index (χ1v) is 10.6. The smallest absolute Gasteiger partial charge is 0.294 e. The molecular formula is C21H20BrN5O4. The molecule has 31 heavy (non-hydrogen) atoms. The number of nitrogens with zero attached hydrogens (tertiary/aromatic N) is 4. The van der Waals surface area contributed by atoms with Crippen LogP contribution in [0, 0.1) is 17.0 Å². The van der Waals surface area contributed by atoms with Gasteiger partial charge in [-0.25, -0.2) is 4.98 Å². The van der Waals surface area contributed by atoms with Crippen molar-refractivity contribution in [1.82, 2.24) is 9.55 Å². The number of amides is 1. The maximum atomic E-state index is 13.3. The zero-order chi connectivity index (χ0) is 22.1. The molecule has 0 saturated carbocycles. The van der Waals surface area contributed by atoms with Crippen LogP contribution in [0.3, 0.4) is 0 Å². The van der Waals surface area contributed by atoms with Crippen LogP contribution in [0.25, 0.3) is 11.0 Å². The van der Waals surface area contributed by atoms with Crippen LogP contribution >= 0.6 is 15.9 Å². The number of nitro groups is 1. The van der Waals surface area contributed by atoms with Crippen LogP contribution < -0.4 is 15.8 Å². The van der Waals surface area contributed by atoms with Crippen LogP contribution in [0.15, 0.2) is 45.7 Å². The monoisotopic (exact) mass is 485 g/mol. The molecule has 0 spiro atoms. The molecule has 2 aromatic carbocycles. The maximum Gasteiger partial charge on any atom is 0.294 e. The first kappa shape index (κ1) is 21.0. The Morgan fingerprint density at radius 1 is 1.23 bits per heavy atom. The van der Waals surface area contributed by atoms with Crippen molar-refractivity contribution in [3.05, 3.63) is 66.9 Å². The number of aryl methyl sites for hydroxylation is 1. The van der Waals surface area contributed by atoms with Gasteiger partial charge in [-0.3, -0.25) is 24.3 Å². The number of nitrogens with one attached hydrogen (secondary N) is 1. The van der Waals surface area contributed by atoms with Gasteiger partial charge in [0.1, 0.15) is 6.54 Å². The van der Waals surface area contributed by atoms with E-state index < -0.39 is 16.4 Å². The third-order valence-electron chi connectivity index (χ3n) is 5.23. The van der Waals surface area contributed by atoms with Crippen molar-refractivity contribution in [3.63, 3.8) is 0 Å². The predicted molar refractivity (Wildman–Crippen MR) is 122 cm³/mol. The van der Waals surface area contributed by atoms with E-state index in [0.29, 0.717) is 24.3 Å². The highest BCUT2D eigenvalue weighted by Gasteiger charge is 2.22. The highest BCUT2D eigenvalue weighted by atomic mass is 79.9. The number of anilines is 2. The van der Waals surface area contributed by atoms with Gasteiger partial charge in [-0.15, -0.1) is 0 Å². The average molecular weight is 486 g/mol. The lowest BCUT2D eigenvalue weighted by Gasteiger charge is -2.19. The second-order valence-electron chi connectivity index (χ2n) is 7.48. The number of carbonyl (C=O) groups excluding carboxylic acids is 1. The van der Waals surface area contributed by atoms with Crippen LogP contribution in [0.5, 0.6) is 0 Å². The van der Waals surface area contributed by atoms with Crippen LogP contribution in [0.1, 0.15) is 18.4 Å². The predicted octanol–water partition coefficient (Wildman–Crippen LogP) is 3.61. The van der Waals surface area contributed by atoms with Crippen molar-refractivity contribution in [2.75, 3.05) is 23.3 Å². The Morgan fingerprint density at radius 3 is 2.65 bits per heavy atom. The minimum absolute atomic E-state index is 0.168. The molecule has 4 rings (SSSR count). The number of rotatable bonds is 5. The van der Waals surface area contributed by atoms with Crippen LogP contribution in [0.4, 0.5) is 17.2 Å². The molecule has 3 aromatic rings. The number of hydrogen-bond donors (Lipinski definition) is 1. The molecular weight excluding hydrogens is 466 g/mol. The molecule has 0 atom stereocenters. The largest absolute Gasteiger partial charge is 0.352 e. The van der Waals surface area contributed by atoms with Gasteiger partial charge in [0.15, 0.2) is 5.82 Å². The van der Waals surface area contributed by atoms with Crippen molar-refractivity contribution in [3.8, 4) is 0 Å². The van der Waals surface area contributed by atoms with Gasteiger partial charge in [-0.05, 0) is 59.5 Å². The van der Waals surface area contributed by atoms with Gasteiger partial charge in [0.05, 0.1) is 21.6 Å². The minimum atomic E-state index is -0.536. The third kappa shape index (κ3) is 4.29. The van der Waals surface area contributed by atoms with Crippen molar-refractivity contribution < 1.29 is 9.72 Å². The minimum Gasteiger partial charge on any atom is -0.352 e. The number of non-ortho nitro benzene ring substituents is 1. The van der Waals surface area contributed by atoms with E-state index in [2.05, 4.69) is 26.2 Å². The summed E-state index contributed by atoms with van der Waals surface area (Å²) in [5, 5.41) is 14.0. The van der Waals surface area contributed by atoms with Gasteiger partial charge in [0.2, 0.25) is 5.91 Å². The van der Waals surface area contributed by atoms with E-state index in [1.54, 1.807) is 6.07 Å². The summed E-state index contributed by atoms with van der Waals surface area (Å²) in [6, 6.07) is 9.65. The molecule has 1 aliphatic heterocycles. The van der Waals surface area contributed by atoms with Gasteiger partial charge in [0, 0.05) is 29.7 Å². The number of benzene rings is 2. The molecule has 1 aromatic heterocycles. The molecule has 1 fully saturated rings. The first-order valence-electron chi connectivity index (χ1n) is 9.83. The van der Waals surface area contributed by atoms with Gasteiger partial charge < -0.3 is 10.2 Å². The van der Waals surface area contributed by atoms with E-state index in [-0.39, 0.29) is 23.6 Å². The third-order valence-corrected chi connectivity index (χ3v) is 5.89. The van der Waals surface area contributed by atoms with Gasteiger partial charge in [-0.2, -0.15) is 0 Å². The summed E-state index contributed by atoms with van der Waals surface area (Å²) < 4.78 is 1.99. The number of aromatic nitrogens is 2.